The van der Waals surface area contributed by atoms with E-state index in [-0.39, 0.29) is 17.7 Å². The summed E-state index contributed by atoms with van der Waals surface area (Å²) in [6, 6.07) is 0. The van der Waals surface area contributed by atoms with Crippen LogP contribution in [0.2, 0.25) is 0 Å². The minimum Gasteiger partial charge on any atom is -0.409 e. The lowest BCUT2D eigenvalue weighted by molar-refractivity contribution is -0.124. The highest BCUT2D eigenvalue weighted by atomic mass is 32.1. The number of aromatic nitrogens is 1. The van der Waals surface area contributed by atoms with E-state index in [1.807, 2.05) is 20.8 Å². The van der Waals surface area contributed by atoms with Crippen molar-refractivity contribution in [2.75, 3.05) is 0 Å². The number of nitrogens with two attached hydrogens (primary N) is 1. The minimum atomic E-state index is -0.622. The van der Waals surface area contributed by atoms with Crippen LogP contribution in [0.4, 0.5) is 0 Å². The number of aryl methyl sites for hydroxylation is 1. The second-order valence-electron chi connectivity index (χ2n) is 4.33. The van der Waals surface area contributed by atoms with Crippen LogP contribution in [-0.2, 0) is 11.3 Å². The molecule has 7 heteroatoms. The van der Waals surface area contributed by atoms with Crippen LogP contribution in [0.25, 0.3) is 0 Å². The van der Waals surface area contributed by atoms with Gasteiger partial charge in [0, 0.05) is 4.88 Å². The molecule has 0 fully saturated rings. The summed E-state index contributed by atoms with van der Waals surface area (Å²) in [4.78, 5) is 17.1. The number of carbonyl (C=O) groups excluding carboxylic acids is 1. The molecule has 1 rings (SSSR count). The molecule has 1 aromatic heterocycles. The van der Waals surface area contributed by atoms with Gasteiger partial charge >= 0.3 is 0 Å². The van der Waals surface area contributed by atoms with Gasteiger partial charge < -0.3 is 16.3 Å². The number of amides is 1. The largest absolute Gasteiger partial charge is 0.409 e. The van der Waals surface area contributed by atoms with Gasteiger partial charge in [-0.15, -0.1) is 11.3 Å². The van der Waals surface area contributed by atoms with Gasteiger partial charge in [0.2, 0.25) is 5.91 Å². The first-order valence-corrected chi connectivity index (χ1v) is 6.49. The normalized spacial score (nSPS) is 13.7. The third-order valence-corrected chi connectivity index (χ3v) is 3.59. The summed E-state index contributed by atoms with van der Waals surface area (Å²) in [5.74, 6) is -0.969. The van der Waals surface area contributed by atoms with E-state index >= 15 is 0 Å². The molecule has 0 spiro atoms. The summed E-state index contributed by atoms with van der Waals surface area (Å²) >= 11 is 1.49. The van der Waals surface area contributed by atoms with Gasteiger partial charge in [0.15, 0.2) is 5.84 Å². The Morgan fingerprint density at radius 3 is 2.78 bits per heavy atom. The van der Waals surface area contributed by atoms with Crippen LogP contribution in [0.3, 0.4) is 0 Å². The smallest absolute Gasteiger partial charge is 0.231 e. The third kappa shape index (κ3) is 3.43. The van der Waals surface area contributed by atoms with Crippen molar-refractivity contribution in [2.45, 2.75) is 27.3 Å². The number of thiazole rings is 1. The lowest BCUT2D eigenvalue weighted by Crippen LogP contribution is -2.41. The molecule has 6 nitrogen and oxygen atoms in total. The van der Waals surface area contributed by atoms with E-state index in [0.29, 0.717) is 6.54 Å². The zero-order valence-corrected chi connectivity index (χ0v) is 11.5. The molecule has 0 aliphatic rings. The molecule has 100 valence electrons. The van der Waals surface area contributed by atoms with E-state index in [4.69, 9.17) is 10.9 Å². The fourth-order valence-electron chi connectivity index (χ4n) is 1.61. The van der Waals surface area contributed by atoms with Gasteiger partial charge in [-0.1, -0.05) is 19.0 Å². The average molecular weight is 270 g/mol. The molecule has 1 aromatic rings. The molecular weight excluding hydrogens is 252 g/mol. The topological polar surface area (TPSA) is 101 Å². The Bertz CT molecular complexity index is 442. The van der Waals surface area contributed by atoms with Crippen LogP contribution in [-0.4, -0.2) is 21.9 Å². The van der Waals surface area contributed by atoms with Crippen molar-refractivity contribution in [1.29, 1.82) is 0 Å². The molecule has 1 amide bonds. The maximum atomic E-state index is 12.0. The van der Waals surface area contributed by atoms with Crippen LogP contribution >= 0.6 is 11.3 Å². The second-order valence-corrected chi connectivity index (χ2v) is 5.26. The Kier molecular flexibility index (Phi) is 5.08. The minimum absolute atomic E-state index is 0.0385. The summed E-state index contributed by atoms with van der Waals surface area (Å²) in [6.07, 6.45) is 0. The number of oxime groups is 1. The number of hydrogen-bond donors (Lipinski definition) is 3. The average Bonchev–Trinajstić information content (AvgIpc) is 2.71. The van der Waals surface area contributed by atoms with Gasteiger partial charge in [-0.3, -0.25) is 4.79 Å². The molecule has 0 bridgehead atoms. The quantitative estimate of drug-likeness (QED) is 0.322. The van der Waals surface area contributed by atoms with E-state index in [2.05, 4.69) is 15.5 Å². The first-order chi connectivity index (χ1) is 8.47. The summed E-state index contributed by atoms with van der Waals surface area (Å²) < 4.78 is 0. The van der Waals surface area contributed by atoms with E-state index < -0.39 is 5.92 Å². The number of rotatable bonds is 5. The molecule has 1 atom stereocenters. The van der Waals surface area contributed by atoms with E-state index in [1.165, 1.54) is 11.3 Å². The molecular formula is C11H18N4O2S. The SMILES string of the molecule is Cc1ncsc1CNC(=O)C(C(N)=NO)C(C)C. The van der Waals surface area contributed by atoms with Crippen molar-refractivity contribution < 1.29 is 10.0 Å². The van der Waals surface area contributed by atoms with Crippen molar-refractivity contribution in [3.05, 3.63) is 16.1 Å². The van der Waals surface area contributed by atoms with Crippen molar-refractivity contribution in [2.24, 2.45) is 22.7 Å². The highest BCUT2D eigenvalue weighted by Crippen LogP contribution is 2.14. The van der Waals surface area contributed by atoms with Crippen LogP contribution in [0.15, 0.2) is 10.7 Å². The van der Waals surface area contributed by atoms with Gasteiger partial charge in [0.25, 0.3) is 0 Å². The zero-order valence-electron chi connectivity index (χ0n) is 10.7. The van der Waals surface area contributed by atoms with Crippen molar-refractivity contribution in [3.8, 4) is 0 Å². The summed E-state index contributed by atoms with van der Waals surface area (Å²) in [5, 5.41) is 14.4. The van der Waals surface area contributed by atoms with Crippen LogP contribution in [0.5, 0.6) is 0 Å². The molecule has 0 radical (unpaired) electrons. The number of hydrogen-bond acceptors (Lipinski definition) is 5. The fourth-order valence-corrected chi connectivity index (χ4v) is 2.33. The number of amidine groups is 1. The summed E-state index contributed by atoms with van der Waals surface area (Å²) in [6.45, 7) is 6.00. The Labute approximate surface area is 110 Å². The van der Waals surface area contributed by atoms with E-state index in [1.54, 1.807) is 5.51 Å². The van der Waals surface area contributed by atoms with Crippen LogP contribution in [0.1, 0.15) is 24.4 Å². The van der Waals surface area contributed by atoms with Crippen LogP contribution in [0, 0.1) is 18.8 Å². The van der Waals surface area contributed by atoms with Crippen molar-refractivity contribution >= 4 is 23.1 Å². The first-order valence-electron chi connectivity index (χ1n) is 5.61. The van der Waals surface area contributed by atoms with Gasteiger partial charge in [0.05, 0.1) is 17.7 Å². The first kappa shape index (κ1) is 14.4. The van der Waals surface area contributed by atoms with Crippen molar-refractivity contribution in [3.63, 3.8) is 0 Å². The molecule has 1 heterocycles. The molecule has 0 aromatic carbocycles. The monoisotopic (exact) mass is 270 g/mol. The van der Waals surface area contributed by atoms with E-state index in [9.17, 15) is 4.79 Å². The van der Waals surface area contributed by atoms with Gasteiger partial charge in [-0.25, -0.2) is 4.98 Å². The molecule has 0 saturated carbocycles. The molecule has 0 saturated heterocycles. The number of nitrogens with zero attached hydrogens (tertiary/aromatic N) is 2. The predicted octanol–water partition coefficient (Wildman–Crippen LogP) is 1.09. The standard InChI is InChI=1S/C11H18N4O2S/c1-6(2)9(10(12)15-17)11(16)13-4-8-7(3)14-5-18-8/h5-6,9,17H,4H2,1-3H3,(H2,12,15)(H,13,16). The van der Waals surface area contributed by atoms with E-state index in [0.717, 1.165) is 10.6 Å². The Balaban J connectivity index is 2.66. The molecule has 1 unspecified atom stereocenters. The maximum Gasteiger partial charge on any atom is 0.231 e. The molecule has 4 N–H and O–H groups in total. The third-order valence-electron chi connectivity index (χ3n) is 2.65. The zero-order chi connectivity index (χ0) is 13.7. The highest BCUT2D eigenvalue weighted by molar-refractivity contribution is 7.09. The lowest BCUT2D eigenvalue weighted by Gasteiger charge is -2.18. The second kappa shape index (κ2) is 6.34. The molecule has 18 heavy (non-hydrogen) atoms. The Morgan fingerprint density at radius 1 is 1.67 bits per heavy atom. The lowest BCUT2D eigenvalue weighted by atomic mass is 9.94. The van der Waals surface area contributed by atoms with Crippen LogP contribution < -0.4 is 11.1 Å². The van der Waals surface area contributed by atoms with Gasteiger partial charge in [0.1, 0.15) is 5.92 Å². The van der Waals surface area contributed by atoms with Crippen molar-refractivity contribution in [1.82, 2.24) is 10.3 Å². The Morgan fingerprint density at radius 2 is 2.33 bits per heavy atom. The van der Waals surface area contributed by atoms with Gasteiger partial charge in [-0.05, 0) is 12.8 Å². The predicted molar refractivity (Wildman–Crippen MR) is 70.4 cm³/mol. The fraction of sp³-hybridized carbons (Fsp3) is 0.545. The highest BCUT2D eigenvalue weighted by Gasteiger charge is 2.26. The molecule has 0 aliphatic carbocycles. The summed E-state index contributed by atoms with van der Waals surface area (Å²) in [5.41, 5.74) is 8.17. The summed E-state index contributed by atoms with van der Waals surface area (Å²) in [7, 11) is 0. The van der Waals surface area contributed by atoms with Gasteiger partial charge in [-0.2, -0.15) is 0 Å². The molecule has 0 aliphatic heterocycles. The number of carbonyl (C=O) groups is 1. The Hall–Kier alpha value is -1.63. The maximum absolute atomic E-state index is 12.0. The number of nitrogens with one attached hydrogen (secondary N) is 1.